The van der Waals surface area contributed by atoms with Gasteiger partial charge in [-0.15, -0.1) is 11.3 Å². The second-order valence-corrected chi connectivity index (χ2v) is 7.59. The highest BCUT2D eigenvalue weighted by atomic mass is 79.9. The Morgan fingerprint density at radius 2 is 2.14 bits per heavy atom. The van der Waals surface area contributed by atoms with Gasteiger partial charge in [-0.05, 0) is 46.0 Å². The minimum Gasteiger partial charge on any atom is -0.266 e. The predicted octanol–water partition coefficient (Wildman–Crippen LogP) is 5.01. The zero-order chi connectivity index (χ0) is 15.5. The minimum absolute atomic E-state index is 0.0772. The van der Waals surface area contributed by atoms with Crippen LogP contribution < -0.4 is 4.90 Å². The van der Waals surface area contributed by atoms with Crippen molar-refractivity contribution in [1.29, 1.82) is 0 Å². The lowest BCUT2D eigenvalue weighted by atomic mass is 10.3. The van der Waals surface area contributed by atoms with E-state index < -0.39 is 0 Å². The number of hydrogen-bond acceptors (Lipinski definition) is 4. The Bertz CT molecular complexity index is 753. The zero-order valence-corrected chi connectivity index (χ0v) is 15.0. The summed E-state index contributed by atoms with van der Waals surface area (Å²) in [4.78, 5) is 19.9. The van der Waals surface area contributed by atoms with Crippen molar-refractivity contribution in [3.8, 4) is 0 Å². The summed E-state index contributed by atoms with van der Waals surface area (Å²) in [6.07, 6.45) is 1.84. The van der Waals surface area contributed by atoms with Gasteiger partial charge in [-0.1, -0.05) is 36.9 Å². The van der Waals surface area contributed by atoms with Gasteiger partial charge in [0.1, 0.15) is 5.70 Å². The van der Waals surface area contributed by atoms with Crippen molar-refractivity contribution in [2.45, 2.75) is 6.92 Å². The molecule has 2 heterocycles. The molecule has 1 aromatic carbocycles. The summed E-state index contributed by atoms with van der Waals surface area (Å²) in [5.74, 6) is 0.791. The third-order valence-corrected chi connectivity index (χ3v) is 5.45. The number of benzene rings is 1. The fraction of sp³-hybridized carbons (Fsp3) is 0.125. The molecule has 1 aliphatic rings. The number of anilines is 1. The van der Waals surface area contributed by atoms with Gasteiger partial charge in [-0.25, -0.2) is 4.99 Å². The van der Waals surface area contributed by atoms with Gasteiger partial charge in [0.2, 0.25) is 0 Å². The maximum absolute atomic E-state index is 12.7. The molecule has 3 nitrogen and oxygen atoms in total. The zero-order valence-electron chi connectivity index (χ0n) is 11.8. The van der Waals surface area contributed by atoms with E-state index >= 15 is 0 Å². The second kappa shape index (κ2) is 6.81. The van der Waals surface area contributed by atoms with Gasteiger partial charge in [-0.2, -0.15) is 0 Å². The quantitative estimate of drug-likeness (QED) is 0.687. The summed E-state index contributed by atoms with van der Waals surface area (Å²) in [5.41, 5.74) is 1.33. The molecule has 0 saturated carbocycles. The fourth-order valence-electron chi connectivity index (χ4n) is 2.07. The van der Waals surface area contributed by atoms with Crippen LogP contribution in [0.3, 0.4) is 0 Å². The Balaban J connectivity index is 1.98. The van der Waals surface area contributed by atoms with Crippen LogP contribution in [-0.4, -0.2) is 16.8 Å². The van der Waals surface area contributed by atoms with E-state index in [0.717, 1.165) is 26.0 Å². The van der Waals surface area contributed by atoms with Crippen molar-refractivity contribution in [2.75, 3.05) is 10.7 Å². The second-order valence-electron chi connectivity index (χ2n) is 4.50. The van der Waals surface area contributed by atoms with Crippen LogP contribution in [0, 0.1) is 0 Å². The van der Waals surface area contributed by atoms with Crippen molar-refractivity contribution in [1.82, 2.24) is 0 Å². The van der Waals surface area contributed by atoms with E-state index in [1.54, 1.807) is 28.0 Å². The van der Waals surface area contributed by atoms with Gasteiger partial charge >= 0.3 is 0 Å². The van der Waals surface area contributed by atoms with Crippen molar-refractivity contribution in [3.63, 3.8) is 0 Å². The number of para-hydroxylation sites is 1. The summed E-state index contributed by atoms with van der Waals surface area (Å²) in [6, 6.07) is 11.6. The highest BCUT2D eigenvalue weighted by molar-refractivity contribution is 9.10. The number of halogens is 1. The largest absolute Gasteiger partial charge is 0.283 e. The summed E-state index contributed by atoms with van der Waals surface area (Å²) in [6.45, 7) is 2.05. The van der Waals surface area contributed by atoms with Crippen molar-refractivity contribution < 1.29 is 4.79 Å². The van der Waals surface area contributed by atoms with Gasteiger partial charge in [0.05, 0.1) is 5.69 Å². The van der Waals surface area contributed by atoms with Gasteiger partial charge in [0.25, 0.3) is 5.91 Å². The van der Waals surface area contributed by atoms with Crippen LogP contribution >= 0.6 is 39.0 Å². The molecule has 0 bridgehead atoms. The topological polar surface area (TPSA) is 32.7 Å². The highest BCUT2D eigenvalue weighted by Gasteiger charge is 2.31. The van der Waals surface area contributed by atoms with Crippen LogP contribution in [0.25, 0.3) is 6.08 Å². The van der Waals surface area contributed by atoms with E-state index in [-0.39, 0.29) is 5.91 Å². The van der Waals surface area contributed by atoms with Crippen molar-refractivity contribution in [2.24, 2.45) is 4.99 Å². The molecule has 0 fully saturated rings. The first-order valence-electron chi connectivity index (χ1n) is 6.75. The molecule has 112 valence electrons. The lowest BCUT2D eigenvalue weighted by molar-refractivity contribution is -0.113. The van der Waals surface area contributed by atoms with E-state index in [0.29, 0.717) is 5.70 Å². The molecule has 1 aromatic heterocycles. The van der Waals surface area contributed by atoms with Gasteiger partial charge in [0.15, 0.2) is 5.17 Å². The standard InChI is InChI=1S/C16H13BrN2OS2/c1-2-21-16-18-14(9-13-8-11(17)10-22-13)15(20)19(16)12-6-4-3-5-7-12/h3-10H,2H2,1H3/b14-9+. The Kier molecular flexibility index (Phi) is 4.81. The van der Waals surface area contributed by atoms with E-state index in [9.17, 15) is 4.79 Å². The Labute approximate surface area is 145 Å². The monoisotopic (exact) mass is 392 g/mol. The average Bonchev–Trinajstić information content (AvgIpc) is 3.05. The van der Waals surface area contributed by atoms with E-state index in [2.05, 4.69) is 27.8 Å². The number of carbonyl (C=O) groups is 1. The number of thiophene rings is 1. The van der Waals surface area contributed by atoms with Crippen molar-refractivity contribution in [3.05, 3.63) is 56.8 Å². The van der Waals surface area contributed by atoms with Crippen LogP contribution in [0.1, 0.15) is 11.8 Å². The molecule has 2 aromatic rings. The van der Waals surface area contributed by atoms with Gasteiger partial charge in [0, 0.05) is 14.7 Å². The Hall–Kier alpha value is -1.37. The van der Waals surface area contributed by atoms with Crippen LogP contribution in [-0.2, 0) is 4.79 Å². The molecule has 0 aliphatic carbocycles. The predicted molar refractivity (Wildman–Crippen MR) is 99.5 cm³/mol. The maximum atomic E-state index is 12.7. The number of carbonyl (C=O) groups excluding carboxylic acids is 1. The number of nitrogens with zero attached hydrogens (tertiary/aromatic N) is 2. The average molecular weight is 393 g/mol. The number of rotatable bonds is 3. The number of amidine groups is 1. The molecule has 0 radical (unpaired) electrons. The normalized spacial score (nSPS) is 16.5. The molecule has 22 heavy (non-hydrogen) atoms. The number of thioether (sulfide) groups is 1. The molecule has 0 unspecified atom stereocenters. The van der Waals surface area contributed by atoms with E-state index in [1.807, 2.05) is 47.9 Å². The number of amides is 1. The Morgan fingerprint density at radius 3 is 2.77 bits per heavy atom. The van der Waals surface area contributed by atoms with E-state index in [4.69, 9.17) is 0 Å². The van der Waals surface area contributed by atoms with Crippen LogP contribution in [0.15, 0.2) is 56.9 Å². The lowest BCUT2D eigenvalue weighted by Crippen LogP contribution is -2.30. The first-order chi connectivity index (χ1) is 10.7. The molecule has 0 atom stereocenters. The lowest BCUT2D eigenvalue weighted by Gasteiger charge is -2.17. The first-order valence-corrected chi connectivity index (χ1v) is 9.41. The van der Waals surface area contributed by atoms with Crippen molar-refractivity contribution >= 4 is 61.9 Å². The molecule has 6 heteroatoms. The molecule has 1 amide bonds. The molecule has 3 rings (SSSR count). The number of hydrogen-bond donors (Lipinski definition) is 0. The number of aliphatic imine (C=N–C) groups is 1. The third-order valence-electron chi connectivity index (χ3n) is 2.98. The summed E-state index contributed by atoms with van der Waals surface area (Å²) < 4.78 is 1.02. The van der Waals surface area contributed by atoms with Crippen LogP contribution in [0.2, 0.25) is 0 Å². The summed E-state index contributed by atoms with van der Waals surface area (Å²) in [7, 11) is 0. The molecule has 1 aliphatic heterocycles. The van der Waals surface area contributed by atoms with Gasteiger partial charge < -0.3 is 0 Å². The van der Waals surface area contributed by atoms with Crippen LogP contribution in [0.5, 0.6) is 0 Å². The molecular weight excluding hydrogens is 380 g/mol. The maximum Gasteiger partial charge on any atom is 0.283 e. The SMILES string of the molecule is CCSC1=N/C(=C/c2cc(Br)cs2)C(=O)N1c1ccccc1. The minimum atomic E-state index is -0.0772. The third kappa shape index (κ3) is 3.19. The molecule has 0 N–H and O–H groups in total. The summed E-state index contributed by atoms with van der Waals surface area (Å²) in [5, 5.41) is 2.73. The fourth-order valence-corrected chi connectivity index (χ4v) is 4.17. The van der Waals surface area contributed by atoms with Crippen LogP contribution in [0.4, 0.5) is 5.69 Å². The first kappa shape index (κ1) is 15.5. The van der Waals surface area contributed by atoms with Gasteiger partial charge in [-0.3, -0.25) is 9.69 Å². The Morgan fingerprint density at radius 1 is 1.36 bits per heavy atom. The van der Waals surface area contributed by atoms with E-state index in [1.165, 1.54) is 0 Å². The smallest absolute Gasteiger partial charge is 0.266 e. The molecule has 0 saturated heterocycles. The highest BCUT2D eigenvalue weighted by Crippen LogP contribution is 2.30. The molecule has 0 spiro atoms. The molecular formula is C16H13BrN2OS2. The summed E-state index contributed by atoms with van der Waals surface area (Å²) >= 11 is 6.58.